The van der Waals surface area contributed by atoms with Crippen molar-refractivity contribution in [1.29, 1.82) is 0 Å². The number of aromatic hydroxyl groups is 1. The van der Waals surface area contributed by atoms with Crippen LogP contribution in [0.25, 0.3) is 0 Å². The van der Waals surface area contributed by atoms with E-state index in [2.05, 4.69) is 17.0 Å². The fourth-order valence-electron chi connectivity index (χ4n) is 3.93. The zero-order chi connectivity index (χ0) is 21.6. The van der Waals surface area contributed by atoms with Crippen LogP contribution < -0.4 is 0 Å². The van der Waals surface area contributed by atoms with Crippen molar-refractivity contribution in [3.8, 4) is 5.75 Å². The average Bonchev–Trinajstić information content (AvgIpc) is 2.74. The maximum Gasteiger partial charge on any atom is 0.313 e. The summed E-state index contributed by atoms with van der Waals surface area (Å²) in [6.07, 6.45) is 1.80. The molecule has 2 aromatic carbocycles. The Bertz CT molecular complexity index is 933. The minimum absolute atomic E-state index is 0.000722. The Balaban J connectivity index is 1.70. The zero-order valence-corrected chi connectivity index (χ0v) is 18.1. The summed E-state index contributed by atoms with van der Waals surface area (Å²) in [5.41, 5.74) is 0.213. The Hall–Kier alpha value is -2.38. The van der Waals surface area contributed by atoms with Crippen molar-refractivity contribution in [2.24, 2.45) is 5.41 Å². The number of likely N-dealkylation sites (tertiary alicyclic amines) is 1. The molecule has 162 valence electrons. The van der Waals surface area contributed by atoms with Gasteiger partial charge in [-0.2, -0.15) is 0 Å². The van der Waals surface area contributed by atoms with Crippen LogP contribution in [0.1, 0.15) is 25.3 Å². The lowest BCUT2D eigenvalue weighted by Gasteiger charge is -2.39. The second kappa shape index (κ2) is 9.62. The van der Waals surface area contributed by atoms with Crippen LogP contribution >= 0.6 is 0 Å². The Kier molecular flexibility index (Phi) is 7.15. The Morgan fingerprint density at radius 1 is 1.07 bits per heavy atom. The number of hydrogen-bond acceptors (Lipinski definition) is 6. The van der Waals surface area contributed by atoms with Crippen molar-refractivity contribution < 1.29 is 23.1 Å². The van der Waals surface area contributed by atoms with Gasteiger partial charge in [-0.15, -0.1) is 0 Å². The number of sulfone groups is 1. The van der Waals surface area contributed by atoms with Crippen LogP contribution in [0, 0.1) is 5.41 Å². The molecule has 0 aromatic heterocycles. The normalized spacial score (nSPS) is 16.8. The van der Waals surface area contributed by atoms with Crippen LogP contribution in [0.2, 0.25) is 0 Å². The van der Waals surface area contributed by atoms with Gasteiger partial charge in [0.1, 0.15) is 5.75 Å². The number of rotatable bonds is 8. The SMILES string of the molecule is CCOC(=O)C1(CS(=O)(=O)c2ccc(O)cc2)CCN(CCc2ccccc2)CC1. The standard InChI is InChI=1S/C23H29NO5S/c1-2-29-22(26)23(18-30(27,28)21-10-8-20(25)9-11-21)13-16-24(17-14-23)15-12-19-6-4-3-5-7-19/h3-11,25H,2,12-18H2,1H3. The minimum atomic E-state index is -3.70. The van der Waals surface area contributed by atoms with Gasteiger partial charge in [0, 0.05) is 6.54 Å². The number of esters is 1. The molecule has 30 heavy (non-hydrogen) atoms. The molecule has 0 aliphatic carbocycles. The minimum Gasteiger partial charge on any atom is -0.508 e. The van der Waals surface area contributed by atoms with Crippen molar-refractivity contribution in [3.05, 3.63) is 60.2 Å². The van der Waals surface area contributed by atoms with E-state index in [1.165, 1.54) is 29.8 Å². The number of ether oxygens (including phenoxy) is 1. The number of nitrogens with zero attached hydrogens (tertiary/aromatic N) is 1. The Morgan fingerprint density at radius 3 is 2.30 bits per heavy atom. The van der Waals surface area contributed by atoms with E-state index in [1.807, 2.05) is 18.2 Å². The van der Waals surface area contributed by atoms with Gasteiger partial charge in [-0.3, -0.25) is 4.79 Å². The second-order valence-electron chi connectivity index (χ2n) is 7.83. The summed E-state index contributed by atoms with van der Waals surface area (Å²) in [5, 5.41) is 9.44. The molecule has 1 fully saturated rings. The van der Waals surface area contributed by atoms with Crippen molar-refractivity contribution in [2.45, 2.75) is 31.1 Å². The molecule has 1 aliphatic rings. The van der Waals surface area contributed by atoms with Gasteiger partial charge in [0.15, 0.2) is 9.84 Å². The highest BCUT2D eigenvalue weighted by Gasteiger charge is 2.46. The molecule has 1 aliphatic heterocycles. The van der Waals surface area contributed by atoms with Gasteiger partial charge >= 0.3 is 5.97 Å². The third-order valence-corrected chi connectivity index (χ3v) is 7.67. The number of hydrogen-bond donors (Lipinski definition) is 1. The van der Waals surface area contributed by atoms with Crippen molar-refractivity contribution in [1.82, 2.24) is 4.90 Å². The smallest absolute Gasteiger partial charge is 0.313 e. The summed E-state index contributed by atoms with van der Waals surface area (Å²) in [4.78, 5) is 15.2. The van der Waals surface area contributed by atoms with Crippen LogP contribution in [-0.4, -0.2) is 56.4 Å². The summed E-state index contributed by atoms with van der Waals surface area (Å²) in [7, 11) is -3.70. The van der Waals surface area contributed by atoms with Crippen molar-refractivity contribution in [2.75, 3.05) is 32.0 Å². The molecular weight excluding hydrogens is 402 g/mol. The Labute approximate surface area is 178 Å². The van der Waals surface area contributed by atoms with E-state index >= 15 is 0 Å². The predicted molar refractivity (Wildman–Crippen MR) is 115 cm³/mol. The summed E-state index contributed by atoms with van der Waals surface area (Å²) in [5.74, 6) is -0.716. The number of piperidine rings is 1. The van der Waals surface area contributed by atoms with Crippen molar-refractivity contribution in [3.63, 3.8) is 0 Å². The first kappa shape index (κ1) is 22.3. The van der Waals surface area contributed by atoms with E-state index in [1.54, 1.807) is 6.92 Å². The fourth-order valence-corrected chi connectivity index (χ4v) is 5.78. The first-order chi connectivity index (χ1) is 14.3. The molecule has 0 amide bonds. The average molecular weight is 432 g/mol. The van der Waals surface area contributed by atoms with E-state index in [0.29, 0.717) is 25.9 Å². The molecular formula is C23H29NO5S. The first-order valence-corrected chi connectivity index (χ1v) is 12.0. The summed E-state index contributed by atoms with van der Waals surface area (Å²) < 4.78 is 31.3. The number of benzene rings is 2. The lowest BCUT2D eigenvalue weighted by molar-refractivity contribution is -0.157. The molecule has 0 spiro atoms. The summed E-state index contributed by atoms with van der Waals surface area (Å²) >= 11 is 0. The van der Waals surface area contributed by atoms with Crippen LogP contribution in [-0.2, 0) is 25.8 Å². The lowest BCUT2D eigenvalue weighted by atomic mass is 9.80. The predicted octanol–water partition coefficient (Wildman–Crippen LogP) is 3.05. The third-order valence-electron chi connectivity index (χ3n) is 5.74. The summed E-state index contributed by atoms with van der Waals surface area (Å²) in [6, 6.07) is 15.7. The largest absolute Gasteiger partial charge is 0.508 e. The van der Waals surface area contributed by atoms with Gasteiger partial charge in [0.05, 0.1) is 22.7 Å². The van der Waals surface area contributed by atoms with Gasteiger partial charge < -0.3 is 14.7 Å². The molecule has 1 heterocycles. The molecule has 0 bridgehead atoms. The van der Waals surface area contributed by atoms with E-state index in [-0.39, 0.29) is 23.0 Å². The molecule has 2 aromatic rings. The van der Waals surface area contributed by atoms with Crippen LogP contribution in [0.15, 0.2) is 59.5 Å². The molecule has 1 saturated heterocycles. The molecule has 0 saturated carbocycles. The van der Waals surface area contributed by atoms with Gasteiger partial charge in [0.2, 0.25) is 0 Å². The third kappa shape index (κ3) is 5.40. The highest BCUT2D eigenvalue weighted by Crippen LogP contribution is 2.36. The second-order valence-corrected chi connectivity index (χ2v) is 9.82. The number of phenolic OH excluding ortho intramolecular Hbond substituents is 1. The van der Waals surface area contributed by atoms with Gasteiger partial charge in [-0.1, -0.05) is 30.3 Å². The van der Waals surface area contributed by atoms with Crippen LogP contribution in [0.5, 0.6) is 5.75 Å². The lowest BCUT2D eigenvalue weighted by Crippen LogP contribution is -2.49. The maximum atomic E-state index is 13.0. The highest BCUT2D eigenvalue weighted by molar-refractivity contribution is 7.91. The van der Waals surface area contributed by atoms with Gasteiger partial charge in [-0.05, 0) is 69.1 Å². The highest BCUT2D eigenvalue weighted by atomic mass is 32.2. The Morgan fingerprint density at radius 2 is 1.70 bits per heavy atom. The van der Waals surface area contributed by atoms with Crippen LogP contribution in [0.3, 0.4) is 0 Å². The molecule has 1 N–H and O–H groups in total. The number of carbonyl (C=O) groups excluding carboxylic acids is 1. The van der Waals surface area contributed by atoms with Crippen molar-refractivity contribution >= 4 is 15.8 Å². The van der Waals surface area contributed by atoms with Gasteiger partial charge in [0.25, 0.3) is 0 Å². The topological polar surface area (TPSA) is 83.9 Å². The molecule has 7 heteroatoms. The quantitative estimate of drug-likeness (QED) is 0.647. The zero-order valence-electron chi connectivity index (χ0n) is 17.3. The van der Waals surface area contributed by atoms with E-state index < -0.39 is 21.2 Å². The van der Waals surface area contributed by atoms with Gasteiger partial charge in [-0.25, -0.2) is 8.42 Å². The number of carbonyl (C=O) groups is 1. The number of phenols is 1. The molecule has 6 nitrogen and oxygen atoms in total. The molecule has 0 atom stereocenters. The van der Waals surface area contributed by atoms with E-state index in [9.17, 15) is 18.3 Å². The molecule has 0 radical (unpaired) electrons. The molecule has 0 unspecified atom stereocenters. The van der Waals surface area contributed by atoms with E-state index in [4.69, 9.17) is 4.74 Å². The monoisotopic (exact) mass is 431 g/mol. The fraction of sp³-hybridized carbons (Fsp3) is 0.435. The van der Waals surface area contributed by atoms with Crippen LogP contribution in [0.4, 0.5) is 0 Å². The maximum absolute atomic E-state index is 13.0. The first-order valence-electron chi connectivity index (χ1n) is 10.3. The van der Waals surface area contributed by atoms with E-state index in [0.717, 1.165) is 13.0 Å². The summed E-state index contributed by atoms with van der Waals surface area (Å²) in [6.45, 7) is 4.12. The molecule has 3 rings (SSSR count).